The number of ether oxygens (including phenoxy) is 2. The molecule has 0 aliphatic rings. The Morgan fingerprint density at radius 1 is 1.28 bits per heavy atom. The van der Waals surface area contributed by atoms with Gasteiger partial charge in [-0.25, -0.2) is 4.98 Å². The predicted molar refractivity (Wildman–Crippen MR) is 119 cm³/mol. The molecule has 0 aliphatic carbocycles. The molecule has 1 aromatic heterocycles. The van der Waals surface area contributed by atoms with E-state index in [0.717, 1.165) is 10.2 Å². The number of thiazole rings is 1. The van der Waals surface area contributed by atoms with Crippen LogP contribution in [0.25, 0.3) is 0 Å². The van der Waals surface area contributed by atoms with Gasteiger partial charge in [-0.3, -0.25) is 10.2 Å². The number of halogens is 1. The third kappa shape index (κ3) is 6.03. The highest BCUT2D eigenvalue weighted by atomic mass is 79.9. The van der Waals surface area contributed by atoms with Crippen molar-refractivity contribution in [2.24, 2.45) is 5.10 Å². The Morgan fingerprint density at radius 2 is 2.10 bits per heavy atom. The average Bonchev–Trinajstić information content (AvgIpc) is 3.13. The molecule has 1 heterocycles. The number of methoxy groups -OCH3 is 1. The summed E-state index contributed by atoms with van der Waals surface area (Å²) in [6.07, 6.45) is 1.62. The summed E-state index contributed by atoms with van der Waals surface area (Å²) in [5.41, 5.74) is 5.11. The molecule has 0 atom stereocenters. The second-order valence-electron chi connectivity index (χ2n) is 5.88. The lowest BCUT2D eigenvalue weighted by Crippen LogP contribution is -2.20. The number of amides is 1. The summed E-state index contributed by atoms with van der Waals surface area (Å²) in [4.78, 5) is 16.6. The Balaban J connectivity index is 1.63. The van der Waals surface area contributed by atoms with Gasteiger partial charge in [0, 0.05) is 15.4 Å². The molecule has 0 aliphatic heterocycles. The summed E-state index contributed by atoms with van der Waals surface area (Å²) >= 11 is 4.91. The van der Waals surface area contributed by atoms with Crippen molar-refractivity contribution >= 4 is 50.2 Å². The summed E-state index contributed by atoms with van der Waals surface area (Å²) in [5, 5.41) is 9.62. The van der Waals surface area contributed by atoms with Gasteiger partial charge < -0.3 is 14.8 Å². The van der Waals surface area contributed by atoms with Crippen molar-refractivity contribution in [1.82, 2.24) is 4.98 Å². The first-order valence-corrected chi connectivity index (χ1v) is 10.3. The van der Waals surface area contributed by atoms with Crippen LogP contribution in [0.4, 0.5) is 10.8 Å². The Morgan fingerprint density at radius 3 is 2.86 bits per heavy atom. The molecule has 150 valence electrons. The van der Waals surface area contributed by atoms with Gasteiger partial charge in [0.1, 0.15) is 11.5 Å². The number of benzene rings is 2. The van der Waals surface area contributed by atoms with Crippen molar-refractivity contribution in [2.45, 2.75) is 6.92 Å². The molecule has 0 saturated heterocycles. The second kappa shape index (κ2) is 10.0. The summed E-state index contributed by atoms with van der Waals surface area (Å²) in [5.74, 6) is 0.821. The fourth-order valence-electron chi connectivity index (χ4n) is 2.39. The van der Waals surface area contributed by atoms with Gasteiger partial charge in [0.2, 0.25) is 5.13 Å². The van der Waals surface area contributed by atoms with Crippen LogP contribution in [-0.2, 0) is 4.79 Å². The number of hydrazone groups is 1. The zero-order valence-electron chi connectivity index (χ0n) is 15.8. The third-order valence-corrected chi connectivity index (χ3v) is 5.05. The number of nitrogens with zero attached hydrogens (tertiary/aromatic N) is 2. The molecule has 0 spiro atoms. The molecule has 7 nitrogen and oxygen atoms in total. The zero-order valence-corrected chi connectivity index (χ0v) is 18.2. The molecule has 1 amide bonds. The van der Waals surface area contributed by atoms with Crippen molar-refractivity contribution < 1.29 is 14.3 Å². The van der Waals surface area contributed by atoms with Crippen molar-refractivity contribution in [3.8, 4) is 11.5 Å². The van der Waals surface area contributed by atoms with Gasteiger partial charge in [-0.1, -0.05) is 28.1 Å². The number of anilines is 2. The van der Waals surface area contributed by atoms with E-state index in [1.54, 1.807) is 31.5 Å². The molecule has 0 saturated carbocycles. The number of para-hydroxylation sites is 2. The molecular weight excluding hydrogens is 456 g/mol. The van der Waals surface area contributed by atoms with Crippen LogP contribution in [0, 0.1) is 6.92 Å². The molecule has 0 radical (unpaired) electrons. The van der Waals surface area contributed by atoms with Crippen molar-refractivity contribution in [3.63, 3.8) is 0 Å². The largest absolute Gasteiger partial charge is 0.495 e. The van der Waals surface area contributed by atoms with E-state index in [4.69, 9.17) is 9.47 Å². The molecular formula is C20H19BrN4O3S. The van der Waals surface area contributed by atoms with Gasteiger partial charge in [-0.2, -0.15) is 5.10 Å². The SMILES string of the molecule is COc1ccccc1NC(=O)COc1ccc(Br)cc1C=NNc1nc(C)cs1. The lowest BCUT2D eigenvalue weighted by atomic mass is 10.2. The topological polar surface area (TPSA) is 84.8 Å². The number of aromatic nitrogens is 1. The number of rotatable bonds is 8. The molecule has 2 N–H and O–H groups in total. The van der Waals surface area contributed by atoms with Crippen LogP contribution >= 0.6 is 27.3 Å². The minimum Gasteiger partial charge on any atom is -0.495 e. The minimum absolute atomic E-state index is 0.153. The molecule has 9 heteroatoms. The number of aryl methyl sites for hydroxylation is 1. The minimum atomic E-state index is -0.295. The van der Waals surface area contributed by atoms with Crippen LogP contribution in [0.1, 0.15) is 11.3 Å². The number of carbonyl (C=O) groups excluding carboxylic acids is 1. The Bertz CT molecular complexity index is 1020. The van der Waals surface area contributed by atoms with E-state index < -0.39 is 0 Å². The highest BCUT2D eigenvalue weighted by Crippen LogP contribution is 2.24. The normalized spacial score (nSPS) is 10.7. The molecule has 3 aromatic rings. The zero-order chi connectivity index (χ0) is 20.6. The Labute approximate surface area is 180 Å². The van der Waals surface area contributed by atoms with Crippen LogP contribution in [0.3, 0.4) is 0 Å². The van der Waals surface area contributed by atoms with Gasteiger partial charge in [0.15, 0.2) is 6.61 Å². The fraction of sp³-hybridized carbons (Fsp3) is 0.150. The van der Waals surface area contributed by atoms with E-state index >= 15 is 0 Å². The molecule has 2 aromatic carbocycles. The molecule has 0 unspecified atom stereocenters. The quantitative estimate of drug-likeness (QED) is 0.365. The highest BCUT2D eigenvalue weighted by molar-refractivity contribution is 9.10. The van der Waals surface area contributed by atoms with Gasteiger partial charge in [-0.05, 0) is 37.3 Å². The monoisotopic (exact) mass is 474 g/mol. The van der Waals surface area contributed by atoms with Crippen molar-refractivity contribution in [1.29, 1.82) is 0 Å². The maximum atomic E-state index is 12.3. The van der Waals surface area contributed by atoms with Gasteiger partial charge >= 0.3 is 0 Å². The number of carbonyl (C=O) groups is 1. The molecule has 29 heavy (non-hydrogen) atoms. The van der Waals surface area contributed by atoms with E-state index in [2.05, 4.69) is 36.8 Å². The Kier molecular flexibility index (Phi) is 7.20. The van der Waals surface area contributed by atoms with Crippen molar-refractivity contribution in [3.05, 3.63) is 63.6 Å². The van der Waals surface area contributed by atoms with Crippen molar-refractivity contribution in [2.75, 3.05) is 24.5 Å². The van der Waals surface area contributed by atoms with Gasteiger partial charge in [0.25, 0.3) is 5.91 Å². The number of hydrogen-bond acceptors (Lipinski definition) is 7. The van der Waals surface area contributed by atoms with Crippen LogP contribution < -0.4 is 20.2 Å². The van der Waals surface area contributed by atoms with Gasteiger partial charge in [-0.15, -0.1) is 11.3 Å². The maximum Gasteiger partial charge on any atom is 0.262 e. The lowest BCUT2D eigenvalue weighted by Gasteiger charge is -2.12. The molecule has 0 fully saturated rings. The Hall–Kier alpha value is -2.91. The van der Waals surface area contributed by atoms with E-state index in [-0.39, 0.29) is 12.5 Å². The maximum absolute atomic E-state index is 12.3. The number of nitrogens with one attached hydrogen (secondary N) is 2. The van der Waals surface area contributed by atoms with E-state index in [1.807, 2.05) is 36.6 Å². The fourth-order valence-corrected chi connectivity index (χ4v) is 3.41. The summed E-state index contributed by atoms with van der Waals surface area (Å²) in [6, 6.07) is 12.7. The third-order valence-electron chi connectivity index (χ3n) is 3.69. The highest BCUT2D eigenvalue weighted by Gasteiger charge is 2.10. The summed E-state index contributed by atoms with van der Waals surface area (Å²) in [6.45, 7) is 1.77. The van der Waals surface area contributed by atoms with Gasteiger partial charge in [0.05, 0.1) is 24.7 Å². The first kappa shape index (κ1) is 20.8. The smallest absolute Gasteiger partial charge is 0.262 e. The first-order chi connectivity index (χ1) is 14.0. The van der Waals surface area contributed by atoms with Crippen LogP contribution in [-0.4, -0.2) is 30.8 Å². The van der Waals surface area contributed by atoms with Crippen LogP contribution in [0.5, 0.6) is 11.5 Å². The average molecular weight is 475 g/mol. The van der Waals surface area contributed by atoms with E-state index in [0.29, 0.717) is 27.9 Å². The van der Waals surface area contributed by atoms with Crippen LogP contribution in [0.2, 0.25) is 0 Å². The van der Waals surface area contributed by atoms with E-state index in [9.17, 15) is 4.79 Å². The first-order valence-electron chi connectivity index (χ1n) is 8.61. The second-order valence-corrected chi connectivity index (χ2v) is 7.66. The molecule has 3 rings (SSSR count). The lowest BCUT2D eigenvalue weighted by molar-refractivity contribution is -0.118. The van der Waals surface area contributed by atoms with Crippen LogP contribution in [0.15, 0.2) is 57.4 Å². The predicted octanol–water partition coefficient (Wildman–Crippen LogP) is 4.69. The molecule has 0 bridgehead atoms. The number of hydrogen-bond donors (Lipinski definition) is 2. The summed E-state index contributed by atoms with van der Waals surface area (Å²) in [7, 11) is 1.55. The van der Waals surface area contributed by atoms with E-state index in [1.165, 1.54) is 11.3 Å². The summed E-state index contributed by atoms with van der Waals surface area (Å²) < 4.78 is 11.8. The standard InChI is InChI=1S/C20H19BrN4O3S/c1-13-12-29-20(23-13)25-22-10-14-9-15(21)7-8-17(14)28-11-19(26)24-16-5-3-4-6-18(16)27-2/h3-10,12H,11H2,1-2H3,(H,23,25)(H,24,26).